The molecule has 6 heteroatoms. The summed E-state index contributed by atoms with van der Waals surface area (Å²) in [6.07, 6.45) is 4.62. The number of pyridine rings is 1. The number of ketones is 1. The van der Waals surface area contributed by atoms with Gasteiger partial charge in [0.05, 0.1) is 5.57 Å². The van der Waals surface area contributed by atoms with Crippen molar-refractivity contribution in [2.24, 2.45) is 5.41 Å². The van der Waals surface area contributed by atoms with Gasteiger partial charge in [-0.3, -0.25) is 9.59 Å². The van der Waals surface area contributed by atoms with Crippen molar-refractivity contribution in [3.05, 3.63) is 70.2 Å². The maximum absolute atomic E-state index is 13.7. The van der Waals surface area contributed by atoms with Gasteiger partial charge in [-0.15, -0.1) is 5.92 Å². The van der Waals surface area contributed by atoms with Crippen molar-refractivity contribution < 1.29 is 19.1 Å². The number of aryl methyl sites for hydroxylation is 2. The van der Waals surface area contributed by atoms with Crippen molar-refractivity contribution in [2.45, 2.75) is 46.5 Å². The molecule has 174 valence electrons. The van der Waals surface area contributed by atoms with E-state index >= 15 is 0 Å². The average Bonchev–Trinajstić information content (AvgIpc) is 2.81. The lowest BCUT2D eigenvalue weighted by molar-refractivity contribution is -0.122. The SMILES string of the molecule is CC#Cc1cc(C)c(C2=C(OC(=O)c3ccccn3)CC3(CCN(C=O)CC3)CC2=O)c(C)c1. The summed E-state index contributed by atoms with van der Waals surface area (Å²) in [7, 11) is 0. The molecular weight excluding hydrogens is 428 g/mol. The Balaban J connectivity index is 1.80. The van der Waals surface area contributed by atoms with Gasteiger partial charge < -0.3 is 9.64 Å². The molecular formula is C28H28N2O4. The zero-order chi connectivity index (χ0) is 24.3. The summed E-state index contributed by atoms with van der Waals surface area (Å²) in [5, 5.41) is 0. The zero-order valence-corrected chi connectivity index (χ0v) is 19.8. The quantitative estimate of drug-likeness (QED) is 0.391. The Morgan fingerprint density at radius 2 is 1.85 bits per heavy atom. The summed E-state index contributed by atoms with van der Waals surface area (Å²) in [6, 6.07) is 8.98. The number of ether oxygens (including phenoxy) is 1. The number of esters is 1. The highest BCUT2D eigenvalue weighted by Gasteiger charge is 2.44. The average molecular weight is 457 g/mol. The van der Waals surface area contributed by atoms with Crippen molar-refractivity contribution in [3.63, 3.8) is 0 Å². The second-order valence-electron chi connectivity index (χ2n) is 9.18. The van der Waals surface area contributed by atoms with Gasteiger partial charge >= 0.3 is 5.97 Å². The van der Waals surface area contributed by atoms with Crippen LogP contribution < -0.4 is 0 Å². The molecule has 0 N–H and O–H groups in total. The summed E-state index contributed by atoms with van der Waals surface area (Å²) in [5.74, 6) is 5.77. The van der Waals surface area contributed by atoms with Crippen LogP contribution in [0.25, 0.3) is 5.57 Å². The molecule has 0 atom stereocenters. The molecule has 1 aromatic carbocycles. The molecule has 1 aromatic heterocycles. The third-order valence-electron chi connectivity index (χ3n) is 6.78. The fourth-order valence-corrected chi connectivity index (χ4v) is 5.12. The highest BCUT2D eigenvalue weighted by atomic mass is 16.5. The first-order valence-electron chi connectivity index (χ1n) is 11.5. The van der Waals surface area contributed by atoms with Crippen molar-refractivity contribution in [3.8, 4) is 11.8 Å². The third kappa shape index (κ3) is 4.65. The molecule has 1 spiro atoms. The summed E-state index contributed by atoms with van der Waals surface area (Å²) < 4.78 is 5.93. The molecule has 34 heavy (non-hydrogen) atoms. The number of rotatable bonds is 4. The van der Waals surface area contributed by atoms with E-state index in [2.05, 4.69) is 16.8 Å². The van der Waals surface area contributed by atoms with E-state index in [1.807, 2.05) is 26.0 Å². The Morgan fingerprint density at radius 3 is 2.44 bits per heavy atom. The van der Waals surface area contributed by atoms with Crippen molar-refractivity contribution in [1.82, 2.24) is 9.88 Å². The van der Waals surface area contributed by atoms with Crippen molar-refractivity contribution in [2.75, 3.05) is 13.1 Å². The highest BCUT2D eigenvalue weighted by molar-refractivity contribution is 6.23. The summed E-state index contributed by atoms with van der Waals surface area (Å²) in [4.78, 5) is 43.7. The number of carbonyl (C=O) groups is 3. The summed E-state index contributed by atoms with van der Waals surface area (Å²) in [5.41, 5.74) is 3.86. The van der Waals surface area contributed by atoms with E-state index in [1.165, 1.54) is 6.20 Å². The van der Waals surface area contributed by atoms with E-state index in [4.69, 9.17) is 4.74 Å². The standard InChI is InChI=1S/C28H28N2O4/c1-4-7-21-14-19(2)25(20(3)15-21)26-23(32)16-28(9-12-30(18-31)13-10-28)17-24(26)34-27(33)22-8-5-6-11-29-22/h5-6,8,11,14-15,18H,9-10,12-13,16-17H2,1-3H3. The largest absolute Gasteiger partial charge is 0.426 e. The molecule has 1 amide bonds. The maximum atomic E-state index is 13.7. The predicted molar refractivity (Wildman–Crippen MR) is 129 cm³/mol. The lowest BCUT2D eigenvalue weighted by Gasteiger charge is -2.43. The molecule has 0 saturated carbocycles. The van der Waals surface area contributed by atoms with Gasteiger partial charge in [-0.1, -0.05) is 12.0 Å². The monoisotopic (exact) mass is 456 g/mol. The molecule has 4 rings (SSSR count). The number of benzene rings is 1. The van der Waals surface area contributed by atoms with Gasteiger partial charge in [0.1, 0.15) is 11.5 Å². The smallest absolute Gasteiger partial charge is 0.362 e. The summed E-state index contributed by atoms with van der Waals surface area (Å²) >= 11 is 0. The van der Waals surface area contributed by atoms with Crippen LogP contribution in [0, 0.1) is 31.1 Å². The molecule has 0 radical (unpaired) electrons. The van der Waals surface area contributed by atoms with Crippen molar-refractivity contribution >= 4 is 23.7 Å². The molecule has 2 aromatic rings. The molecule has 0 unspecified atom stereocenters. The first-order valence-corrected chi connectivity index (χ1v) is 11.5. The van der Waals surface area contributed by atoms with Gasteiger partial charge in [-0.2, -0.15) is 0 Å². The van der Waals surface area contributed by atoms with E-state index in [1.54, 1.807) is 30.0 Å². The lowest BCUT2D eigenvalue weighted by atomic mass is 9.66. The second-order valence-corrected chi connectivity index (χ2v) is 9.18. The van der Waals surface area contributed by atoms with Gasteiger partial charge in [-0.25, -0.2) is 9.78 Å². The molecule has 1 fully saturated rings. The topological polar surface area (TPSA) is 76.6 Å². The Bertz CT molecular complexity index is 1200. The second kappa shape index (κ2) is 9.64. The minimum atomic E-state index is -0.577. The number of piperidine rings is 1. The van der Waals surface area contributed by atoms with Crippen LogP contribution in [0.15, 0.2) is 42.3 Å². The van der Waals surface area contributed by atoms with Crippen LogP contribution in [-0.4, -0.2) is 41.1 Å². The zero-order valence-electron chi connectivity index (χ0n) is 19.8. The van der Waals surface area contributed by atoms with Crippen molar-refractivity contribution in [1.29, 1.82) is 0 Å². The molecule has 6 nitrogen and oxygen atoms in total. The number of carbonyl (C=O) groups excluding carboxylic acids is 3. The van der Waals surface area contributed by atoms with Crippen LogP contribution in [0.1, 0.15) is 65.3 Å². The van der Waals surface area contributed by atoms with Crippen LogP contribution in [0.2, 0.25) is 0 Å². The third-order valence-corrected chi connectivity index (χ3v) is 6.78. The number of hydrogen-bond acceptors (Lipinski definition) is 5. The number of allylic oxidation sites excluding steroid dienone is 2. The lowest BCUT2D eigenvalue weighted by Crippen LogP contribution is -2.43. The van der Waals surface area contributed by atoms with Gasteiger partial charge in [0, 0.05) is 37.7 Å². The van der Waals surface area contributed by atoms with Crippen LogP contribution in [0.4, 0.5) is 0 Å². The van der Waals surface area contributed by atoms with Gasteiger partial charge in [0.15, 0.2) is 5.78 Å². The number of aromatic nitrogens is 1. The van der Waals surface area contributed by atoms with Gasteiger partial charge in [0.25, 0.3) is 0 Å². The minimum Gasteiger partial charge on any atom is -0.426 e. The first-order chi connectivity index (χ1) is 16.4. The minimum absolute atomic E-state index is 0.0323. The number of likely N-dealkylation sites (tertiary alicyclic amines) is 1. The Labute approximate surface area is 200 Å². The van der Waals surface area contributed by atoms with E-state index in [-0.39, 0.29) is 16.9 Å². The first kappa shape index (κ1) is 23.4. The van der Waals surface area contributed by atoms with E-state index in [0.717, 1.165) is 28.7 Å². The number of nitrogens with zero attached hydrogens (tertiary/aromatic N) is 2. The normalized spacial score (nSPS) is 17.3. The van der Waals surface area contributed by atoms with Crippen LogP contribution in [0.5, 0.6) is 0 Å². The number of Topliss-reactive ketones (excluding diaryl/α,β-unsaturated/α-hetero) is 1. The highest BCUT2D eigenvalue weighted by Crippen LogP contribution is 2.48. The van der Waals surface area contributed by atoms with Crippen LogP contribution >= 0.6 is 0 Å². The molecule has 1 saturated heterocycles. The fourth-order valence-electron chi connectivity index (χ4n) is 5.12. The molecule has 1 aliphatic carbocycles. The Kier molecular flexibility index (Phi) is 6.65. The van der Waals surface area contributed by atoms with Gasteiger partial charge in [0.2, 0.25) is 6.41 Å². The Morgan fingerprint density at radius 1 is 1.15 bits per heavy atom. The number of amides is 1. The van der Waals surface area contributed by atoms with E-state index in [9.17, 15) is 14.4 Å². The Hall–Kier alpha value is -3.72. The van der Waals surface area contributed by atoms with Crippen LogP contribution in [0.3, 0.4) is 0 Å². The maximum Gasteiger partial charge on any atom is 0.362 e. The van der Waals surface area contributed by atoms with E-state index < -0.39 is 5.97 Å². The summed E-state index contributed by atoms with van der Waals surface area (Å²) in [6.45, 7) is 6.88. The van der Waals surface area contributed by atoms with Gasteiger partial charge in [-0.05, 0) is 80.0 Å². The number of hydrogen-bond donors (Lipinski definition) is 0. The van der Waals surface area contributed by atoms with Crippen LogP contribution in [-0.2, 0) is 14.3 Å². The molecule has 2 aliphatic rings. The fraction of sp³-hybridized carbons (Fsp3) is 0.357. The molecule has 1 aliphatic heterocycles. The molecule has 0 bridgehead atoms. The van der Waals surface area contributed by atoms with E-state index in [0.29, 0.717) is 50.1 Å². The molecule has 2 heterocycles. The predicted octanol–water partition coefficient (Wildman–Crippen LogP) is 4.24.